The van der Waals surface area contributed by atoms with Crippen LogP contribution in [0.2, 0.25) is 0 Å². The van der Waals surface area contributed by atoms with Crippen LogP contribution in [0.15, 0.2) is 15.6 Å². The summed E-state index contributed by atoms with van der Waals surface area (Å²) in [4.78, 5) is 17.7. The molecule has 2 rings (SSSR count). The molecule has 2 unspecified atom stereocenters. The van der Waals surface area contributed by atoms with Crippen LogP contribution in [0.25, 0.3) is 0 Å². The number of morpholine rings is 1. The average Bonchev–Trinajstić information content (AvgIpc) is 2.31. The molecule has 0 aliphatic carbocycles. The van der Waals surface area contributed by atoms with Crippen LogP contribution in [0.5, 0.6) is 5.88 Å². The second-order valence-corrected chi connectivity index (χ2v) is 4.68. The van der Waals surface area contributed by atoms with Crippen LogP contribution in [-0.2, 0) is 4.74 Å². The first-order chi connectivity index (χ1) is 8.16. The van der Waals surface area contributed by atoms with E-state index in [4.69, 9.17) is 9.47 Å². The highest BCUT2D eigenvalue weighted by Gasteiger charge is 2.20. The fourth-order valence-electron chi connectivity index (χ4n) is 1.61. The summed E-state index contributed by atoms with van der Waals surface area (Å²) in [6.07, 6.45) is 1.46. The van der Waals surface area contributed by atoms with Gasteiger partial charge in [0.15, 0.2) is 0 Å². The number of halogens is 1. The first-order valence-electron chi connectivity index (χ1n) is 5.39. The van der Waals surface area contributed by atoms with Gasteiger partial charge in [-0.05, 0) is 22.9 Å². The van der Waals surface area contributed by atoms with Crippen LogP contribution in [-0.4, -0.2) is 41.9 Å². The number of rotatable bonds is 3. The Morgan fingerprint density at radius 3 is 3.24 bits per heavy atom. The second kappa shape index (κ2) is 5.61. The van der Waals surface area contributed by atoms with Gasteiger partial charge in [-0.1, -0.05) is 0 Å². The molecule has 1 aliphatic rings. The monoisotopic (exact) mass is 303 g/mol. The molecule has 0 radical (unpaired) electrons. The number of H-pyrrole nitrogens is 1. The van der Waals surface area contributed by atoms with Crippen molar-refractivity contribution in [2.75, 3.05) is 19.7 Å². The van der Waals surface area contributed by atoms with Crippen LogP contribution in [0.3, 0.4) is 0 Å². The largest absolute Gasteiger partial charge is 0.474 e. The molecule has 1 saturated heterocycles. The van der Waals surface area contributed by atoms with E-state index < -0.39 is 0 Å². The molecule has 0 bridgehead atoms. The Labute approximate surface area is 107 Å². The SMILES string of the molecule is CC1CNCC(COc2nc[nH]c(=O)c2Br)O1. The predicted octanol–water partition coefficient (Wildman–Crippen LogP) is 0.288. The molecule has 6 nitrogen and oxygen atoms in total. The van der Waals surface area contributed by atoms with Crippen LogP contribution >= 0.6 is 15.9 Å². The third-order valence-corrected chi connectivity index (χ3v) is 3.10. The van der Waals surface area contributed by atoms with Crippen LogP contribution in [0.1, 0.15) is 6.92 Å². The van der Waals surface area contributed by atoms with Gasteiger partial charge >= 0.3 is 0 Å². The molecule has 1 fully saturated rings. The highest BCUT2D eigenvalue weighted by Crippen LogP contribution is 2.16. The summed E-state index contributed by atoms with van der Waals surface area (Å²) in [7, 11) is 0. The number of ether oxygens (including phenoxy) is 2. The molecule has 1 aromatic heterocycles. The Bertz CT molecular complexity index is 437. The molecule has 7 heteroatoms. The van der Waals surface area contributed by atoms with Crippen molar-refractivity contribution < 1.29 is 9.47 Å². The van der Waals surface area contributed by atoms with Crippen molar-refractivity contribution in [3.05, 3.63) is 21.2 Å². The topological polar surface area (TPSA) is 76.2 Å². The zero-order chi connectivity index (χ0) is 12.3. The van der Waals surface area contributed by atoms with Crippen molar-refractivity contribution in [3.63, 3.8) is 0 Å². The Hall–Kier alpha value is -0.920. The third-order valence-electron chi connectivity index (χ3n) is 2.40. The summed E-state index contributed by atoms with van der Waals surface area (Å²) >= 11 is 3.13. The van der Waals surface area contributed by atoms with Gasteiger partial charge < -0.3 is 19.8 Å². The lowest BCUT2D eigenvalue weighted by Gasteiger charge is -2.28. The molecule has 0 spiro atoms. The first-order valence-corrected chi connectivity index (χ1v) is 6.18. The lowest BCUT2D eigenvalue weighted by atomic mass is 10.2. The van der Waals surface area contributed by atoms with E-state index in [1.165, 1.54) is 6.33 Å². The highest BCUT2D eigenvalue weighted by molar-refractivity contribution is 9.10. The second-order valence-electron chi connectivity index (χ2n) is 3.89. The molecular formula is C10H14BrN3O3. The minimum Gasteiger partial charge on any atom is -0.474 e. The molecule has 1 aromatic rings. The van der Waals surface area contributed by atoms with Crippen molar-refractivity contribution in [3.8, 4) is 5.88 Å². The zero-order valence-corrected chi connectivity index (χ0v) is 11.0. The predicted molar refractivity (Wildman–Crippen MR) is 65.3 cm³/mol. The van der Waals surface area contributed by atoms with Crippen LogP contribution in [0, 0.1) is 0 Å². The van der Waals surface area contributed by atoms with E-state index in [1.54, 1.807) is 0 Å². The third kappa shape index (κ3) is 3.27. The molecule has 1 aliphatic heterocycles. The highest BCUT2D eigenvalue weighted by atomic mass is 79.9. The summed E-state index contributed by atoms with van der Waals surface area (Å²) in [5, 5.41) is 3.24. The van der Waals surface area contributed by atoms with Gasteiger partial charge in [0.2, 0.25) is 5.88 Å². The maximum atomic E-state index is 11.3. The number of aromatic amines is 1. The quantitative estimate of drug-likeness (QED) is 0.839. The van der Waals surface area contributed by atoms with Crippen LogP contribution < -0.4 is 15.6 Å². The van der Waals surface area contributed by atoms with Crippen molar-refractivity contribution in [1.82, 2.24) is 15.3 Å². The van der Waals surface area contributed by atoms with Crippen molar-refractivity contribution in [2.45, 2.75) is 19.1 Å². The number of nitrogens with zero attached hydrogens (tertiary/aromatic N) is 1. The van der Waals surface area contributed by atoms with E-state index in [1.807, 2.05) is 6.92 Å². The van der Waals surface area contributed by atoms with Gasteiger partial charge in [0, 0.05) is 13.1 Å². The minimum absolute atomic E-state index is 0.0215. The summed E-state index contributed by atoms with van der Waals surface area (Å²) in [5.74, 6) is 0.288. The number of hydrogen-bond donors (Lipinski definition) is 2. The van der Waals surface area contributed by atoms with E-state index >= 15 is 0 Å². The van der Waals surface area contributed by atoms with E-state index in [2.05, 4.69) is 31.2 Å². The maximum absolute atomic E-state index is 11.3. The molecule has 94 valence electrons. The summed E-state index contributed by atoms with van der Waals surface area (Å²) < 4.78 is 11.4. The fourth-order valence-corrected chi connectivity index (χ4v) is 1.94. The Morgan fingerprint density at radius 1 is 1.65 bits per heavy atom. The van der Waals surface area contributed by atoms with E-state index in [-0.39, 0.29) is 23.6 Å². The van der Waals surface area contributed by atoms with Gasteiger partial charge in [-0.15, -0.1) is 0 Å². The normalized spacial score (nSPS) is 24.6. The minimum atomic E-state index is -0.258. The molecule has 2 N–H and O–H groups in total. The molecule has 2 heterocycles. The van der Waals surface area contributed by atoms with E-state index in [0.29, 0.717) is 11.1 Å². The van der Waals surface area contributed by atoms with Gasteiger partial charge in [0.05, 0.1) is 12.4 Å². The van der Waals surface area contributed by atoms with Crippen molar-refractivity contribution in [2.24, 2.45) is 0 Å². The van der Waals surface area contributed by atoms with Crippen molar-refractivity contribution >= 4 is 15.9 Å². The van der Waals surface area contributed by atoms with Gasteiger partial charge in [-0.3, -0.25) is 4.79 Å². The van der Waals surface area contributed by atoms with Gasteiger partial charge in [-0.25, -0.2) is 4.98 Å². The number of nitrogens with one attached hydrogen (secondary N) is 2. The average molecular weight is 304 g/mol. The van der Waals surface area contributed by atoms with Crippen molar-refractivity contribution in [1.29, 1.82) is 0 Å². The number of hydrogen-bond acceptors (Lipinski definition) is 5. The molecule has 17 heavy (non-hydrogen) atoms. The maximum Gasteiger partial charge on any atom is 0.268 e. The lowest BCUT2D eigenvalue weighted by molar-refractivity contribution is -0.0478. The lowest BCUT2D eigenvalue weighted by Crippen LogP contribution is -2.46. The molecule has 0 amide bonds. The molecule has 0 saturated carbocycles. The van der Waals surface area contributed by atoms with Gasteiger partial charge in [0.25, 0.3) is 5.56 Å². The summed E-state index contributed by atoms with van der Waals surface area (Å²) in [5.41, 5.74) is -0.258. The smallest absolute Gasteiger partial charge is 0.268 e. The molecule has 0 aromatic carbocycles. The van der Waals surface area contributed by atoms with Gasteiger partial charge in [-0.2, -0.15) is 0 Å². The van der Waals surface area contributed by atoms with E-state index in [9.17, 15) is 4.79 Å². The first kappa shape index (κ1) is 12.5. The van der Waals surface area contributed by atoms with E-state index in [0.717, 1.165) is 13.1 Å². The zero-order valence-electron chi connectivity index (χ0n) is 9.40. The Morgan fingerprint density at radius 2 is 2.47 bits per heavy atom. The summed E-state index contributed by atoms with van der Waals surface area (Å²) in [6, 6.07) is 0. The van der Waals surface area contributed by atoms with Gasteiger partial charge in [0.1, 0.15) is 17.2 Å². The Balaban J connectivity index is 1.93. The Kier molecular flexibility index (Phi) is 4.14. The fraction of sp³-hybridized carbons (Fsp3) is 0.600. The van der Waals surface area contributed by atoms with Crippen LogP contribution in [0.4, 0.5) is 0 Å². The summed E-state index contributed by atoms with van der Waals surface area (Å²) in [6.45, 7) is 3.96. The number of aromatic nitrogens is 2. The molecular weight excluding hydrogens is 290 g/mol. The standard InChI is InChI=1S/C10H14BrN3O3/c1-6-2-12-3-7(17-6)4-16-10-8(11)9(15)13-5-14-10/h5-7,12H,2-4H2,1H3,(H,13,14,15). The molecule has 2 atom stereocenters.